The van der Waals surface area contributed by atoms with E-state index in [-0.39, 0.29) is 23.1 Å². The molecule has 0 aliphatic heterocycles. The maximum absolute atomic E-state index is 14.3. The second-order valence-corrected chi connectivity index (χ2v) is 8.23. The van der Waals surface area contributed by atoms with Crippen molar-refractivity contribution in [3.8, 4) is 5.69 Å². The first kappa shape index (κ1) is 22.1. The van der Waals surface area contributed by atoms with Crippen LogP contribution in [0.2, 0.25) is 0 Å². The molecule has 0 aliphatic carbocycles. The van der Waals surface area contributed by atoms with Crippen molar-refractivity contribution in [3.05, 3.63) is 69.3 Å². The van der Waals surface area contributed by atoms with Crippen LogP contribution in [-0.4, -0.2) is 30.0 Å². The number of carbonyl (C=O) groups is 1. The van der Waals surface area contributed by atoms with E-state index in [0.29, 0.717) is 28.1 Å². The Balaban J connectivity index is 1.89. The highest BCUT2D eigenvalue weighted by Gasteiger charge is 2.21. The quantitative estimate of drug-likeness (QED) is 0.483. The van der Waals surface area contributed by atoms with Crippen molar-refractivity contribution in [2.24, 2.45) is 12.8 Å². The molecule has 170 valence electrons. The first-order chi connectivity index (χ1) is 15.6. The first-order valence-corrected chi connectivity index (χ1v) is 10.4. The molecule has 10 heteroatoms. The van der Waals surface area contributed by atoms with Gasteiger partial charge in [-0.25, -0.2) is 18.7 Å². The van der Waals surface area contributed by atoms with Crippen molar-refractivity contribution in [2.45, 2.75) is 33.6 Å². The number of carbonyl (C=O) groups excluding carboxylic acids is 1. The molecule has 4 rings (SSSR count). The van der Waals surface area contributed by atoms with E-state index >= 15 is 0 Å². The van der Waals surface area contributed by atoms with Crippen molar-refractivity contribution in [1.82, 2.24) is 24.1 Å². The highest BCUT2D eigenvalue weighted by Crippen LogP contribution is 2.27. The first-order valence-electron chi connectivity index (χ1n) is 10.4. The topological polar surface area (TPSA) is 121 Å². The summed E-state index contributed by atoms with van der Waals surface area (Å²) in [4.78, 5) is 38.0. The van der Waals surface area contributed by atoms with Crippen LogP contribution in [0.3, 0.4) is 0 Å². The zero-order valence-corrected chi connectivity index (χ0v) is 19.0. The number of hydrogen-bond acceptors (Lipinski definition) is 6. The van der Waals surface area contributed by atoms with Crippen LogP contribution in [0.5, 0.6) is 0 Å². The van der Waals surface area contributed by atoms with Gasteiger partial charge in [0.05, 0.1) is 23.1 Å². The highest BCUT2D eigenvalue weighted by molar-refractivity contribution is 5.94. The summed E-state index contributed by atoms with van der Waals surface area (Å²) in [6, 6.07) is 4.38. The number of nitrogens with one attached hydrogen (secondary N) is 1. The standard InChI is InChI=1S/C23H24FN7O2/c1-11(2)18-19(12(3)6-7-26-18)31-21-17(30(5)23(31)33)10-27-22(29-21)28-16-9-15(24)14(20(25)32)8-13(16)4/h6-11H,1-5H3,(H2,25,32)(H,27,28,29). The molecule has 0 spiro atoms. The van der Waals surface area contributed by atoms with Gasteiger partial charge in [-0.3, -0.25) is 14.3 Å². The van der Waals surface area contributed by atoms with Crippen molar-refractivity contribution < 1.29 is 9.18 Å². The van der Waals surface area contributed by atoms with Crippen molar-refractivity contribution in [1.29, 1.82) is 0 Å². The van der Waals surface area contributed by atoms with Gasteiger partial charge in [0.25, 0.3) is 5.91 Å². The molecule has 0 bridgehead atoms. The van der Waals surface area contributed by atoms with Gasteiger partial charge in [0.1, 0.15) is 11.3 Å². The van der Waals surface area contributed by atoms with Crippen LogP contribution in [0.25, 0.3) is 16.9 Å². The molecule has 4 aromatic rings. The number of aryl methyl sites for hydroxylation is 3. The molecule has 1 amide bonds. The predicted octanol–water partition coefficient (Wildman–Crippen LogP) is 3.24. The lowest BCUT2D eigenvalue weighted by Gasteiger charge is -2.15. The summed E-state index contributed by atoms with van der Waals surface area (Å²) in [6.45, 7) is 7.65. The van der Waals surface area contributed by atoms with E-state index in [1.807, 2.05) is 26.8 Å². The maximum Gasteiger partial charge on any atom is 0.334 e. The number of hydrogen-bond donors (Lipinski definition) is 2. The summed E-state index contributed by atoms with van der Waals surface area (Å²) in [6.07, 6.45) is 3.26. The lowest BCUT2D eigenvalue weighted by Crippen LogP contribution is -2.23. The Morgan fingerprint density at radius 1 is 1.18 bits per heavy atom. The molecule has 0 aliphatic rings. The van der Waals surface area contributed by atoms with Crippen LogP contribution in [0.4, 0.5) is 16.0 Å². The van der Waals surface area contributed by atoms with Gasteiger partial charge in [-0.05, 0) is 49.1 Å². The van der Waals surface area contributed by atoms with E-state index in [1.54, 1.807) is 20.2 Å². The third-order valence-corrected chi connectivity index (χ3v) is 5.55. The Morgan fingerprint density at radius 3 is 2.58 bits per heavy atom. The number of aromatic nitrogens is 5. The molecular weight excluding hydrogens is 425 g/mol. The minimum Gasteiger partial charge on any atom is -0.366 e. The average molecular weight is 449 g/mol. The third-order valence-electron chi connectivity index (χ3n) is 5.55. The molecular formula is C23H24FN7O2. The van der Waals surface area contributed by atoms with Gasteiger partial charge in [-0.2, -0.15) is 4.98 Å². The molecule has 3 heterocycles. The van der Waals surface area contributed by atoms with Gasteiger partial charge >= 0.3 is 5.69 Å². The van der Waals surface area contributed by atoms with E-state index in [1.165, 1.54) is 27.5 Å². The molecule has 3 aromatic heterocycles. The number of imidazole rings is 1. The summed E-state index contributed by atoms with van der Waals surface area (Å²) < 4.78 is 17.3. The smallest absolute Gasteiger partial charge is 0.334 e. The number of anilines is 2. The van der Waals surface area contributed by atoms with E-state index in [4.69, 9.17) is 5.73 Å². The van der Waals surface area contributed by atoms with Crippen molar-refractivity contribution in [2.75, 3.05) is 5.32 Å². The Kier molecular flexibility index (Phi) is 5.44. The molecule has 0 saturated carbocycles. The fourth-order valence-electron chi connectivity index (χ4n) is 3.78. The summed E-state index contributed by atoms with van der Waals surface area (Å²) >= 11 is 0. The molecule has 9 nitrogen and oxygen atoms in total. The van der Waals surface area contributed by atoms with E-state index in [9.17, 15) is 14.0 Å². The minimum absolute atomic E-state index is 0.0795. The van der Waals surface area contributed by atoms with Gasteiger partial charge < -0.3 is 11.1 Å². The summed E-state index contributed by atoms with van der Waals surface area (Å²) in [5, 5.41) is 2.98. The third kappa shape index (κ3) is 3.73. The fraction of sp³-hybridized carbons (Fsp3) is 0.261. The molecule has 0 atom stereocenters. The molecule has 0 saturated heterocycles. The van der Waals surface area contributed by atoms with Crippen molar-refractivity contribution >= 4 is 28.7 Å². The zero-order valence-electron chi connectivity index (χ0n) is 19.0. The highest BCUT2D eigenvalue weighted by atomic mass is 19.1. The molecule has 1 aromatic carbocycles. The van der Waals surface area contributed by atoms with E-state index in [2.05, 4.69) is 20.3 Å². The van der Waals surface area contributed by atoms with Crippen LogP contribution in [0.1, 0.15) is 46.9 Å². The molecule has 0 fully saturated rings. The lowest BCUT2D eigenvalue weighted by molar-refractivity contribution is 0.0996. The second kappa shape index (κ2) is 8.12. The van der Waals surface area contributed by atoms with Gasteiger partial charge in [-0.15, -0.1) is 0 Å². The Labute approximate surface area is 189 Å². The van der Waals surface area contributed by atoms with Gasteiger partial charge in [0.15, 0.2) is 5.65 Å². The minimum atomic E-state index is -0.846. The van der Waals surface area contributed by atoms with Crippen LogP contribution < -0.4 is 16.7 Å². The lowest BCUT2D eigenvalue weighted by atomic mass is 10.0. The maximum atomic E-state index is 14.3. The SMILES string of the molecule is Cc1cc(C(N)=O)c(F)cc1Nc1ncc2c(n1)n(-c1c(C)ccnc1C(C)C)c(=O)n2C. The average Bonchev–Trinajstić information content (AvgIpc) is 2.99. The number of pyridine rings is 1. The summed E-state index contributed by atoms with van der Waals surface area (Å²) in [5.41, 5.74) is 8.99. The Bertz CT molecular complexity index is 1470. The number of nitrogens with two attached hydrogens (primary N) is 1. The van der Waals surface area contributed by atoms with Gasteiger partial charge in [0.2, 0.25) is 5.95 Å². The van der Waals surface area contributed by atoms with Crippen molar-refractivity contribution in [3.63, 3.8) is 0 Å². The number of primary amides is 1. The number of fused-ring (bicyclic) bond motifs is 1. The summed E-state index contributed by atoms with van der Waals surface area (Å²) in [5.74, 6) is -1.35. The number of halogens is 1. The number of benzene rings is 1. The number of amides is 1. The predicted molar refractivity (Wildman–Crippen MR) is 124 cm³/mol. The molecule has 33 heavy (non-hydrogen) atoms. The number of nitrogens with zero attached hydrogens (tertiary/aromatic N) is 5. The normalized spacial score (nSPS) is 11.4. The van der Waals surface area contributed by atoms with Gasteiger partial charge in [0, 0.05) is 18.9 Å². The van der Waals surface area contributed by atoms with E-state index in [0.717, 1.165) is 11.3 Å². The second-order valence-electron chi connectivity index (χ2n) is 8.23. The number of rotatable bonds is 5. The molecule has 0 radical (unpaired) electrons. The van der Waals surface area contributed by atoms with Crippen LogP contribution in [0, 0.1) is 19.7 Å². The largest absolute Gasteiger partial charge is 0.366 e. The van der Waals surface area contributed by atoms with E-state index < -0.39 is 11.7 Å². The summed E-state index contributed by atoms with van der Waals surface area (Å²) in [7, 11) is 1.65. The van der Waals surface area contributed by atoms with Crippen LogP contribution in [-0.2, 0) is 7.05 Å². The van der Waals surface area contributed by atoms with Gasteiger partial charge in [-0.1, -0.05) is 13.8 Å². The monoisotopic (exact) mass is 449 g/mol. The molecule has 3 N–H and O–H groups in total. The zero-order chi connectivity index (χ0) is 24.0. The Morgan fingerprint density at radius 2 is 1.91 bits per heavy atom. The fourth-order valence-corrected chi connectivity index (χ4v) is 3.78. The van der Waals surface area contributed by atoms with Crippen LogP contribution >= 0.6 is 0 Å². The van der Waals surface area contributed by atoms with Crippen LogP contribution in [0.15, 0.2) is 35.4 Å². The Hall–Kier alpha value is -4.08. The molecule has 0 unspecified atom stereocenters.